The van der Waals surface area contributed by atoms with Crippen molar-refractivity contribution >= 4 is 32.8 Å². The number of fused-ring (bicyclic) bond motifs is 1. The molecule has 0 aliphatic carbocycles. The van der Waals surface area contributed by atoms with Gasteiger partial charge in [-0.1, -0.05) is 15.9 Å². The highest BCUT2D eigenvalue weighted by Crippen LogP contribution is 2.33. The SMILES string of the molecule is CC(C)(Oc1nn(-c2ccnc(N)n2)c2cc(Br)ccc12)C(F)F. The standard InChI is InChI=1S/C15H14BrF2N5O/c1-15(2,13(17)18)24-12-9-4-3-8(16)7-10(9)23(22-12)11-5-6-20-14(19)21-11/h3-7,13H,1-2H3,(H2,19,20,21). The number of hydrogen-bond donors (Lipinski definition) is 1. The van der Waals surface area contributed by atoms with Gasteiger partial charge in [-0.15, -0.1) is 5.10 Å². The van der Waals surface area contributed by atoms with Crippen molar-refractivity contribution in [2.45, 2.75) is 25.9 Å². The summed E-state index contributed by atoms with van der Waals surface area (Å²) in [5.74, 6) is 0.594. The molecule has 9 heteroatoms. The second-order valence-electron chi connectivity index (χ2n) is 5.66. The van der Waals surface area contributed by atoms with E-state index < -0.39 is 12.0 Å². The van der Waals surface area contributed by atoms with Crippen molar-refractivity contribution in [2.24, 2.45) is 0 Å². The minimum atomic E-state index is -2.66. The molecule has 0 aliphatic heterocycles. The third kappa shape index (κ3) is 3.03. The molecule has 0 spiro atoms. The number of nitrogens with two attached hydrogens (primary N) is 1. The number of anilines is 1. The molecule has 0 saturated carbocycles. The topological polar surface area (TPSA) is 78.8 Å². The summed E-state index contributed by atoms with van der Waals surface area (Å²) in [5.41, 5.74) is 4.58. The Kier molecular flexibility index (Phi) is 4.12. The van der Waals surface area contributed by atoms with Gasteiger partial charge in [-0.25, -0.2) is 18.4 Å². The fraction of sp³-hybridized carbons (Fsp3) is 0.267. The van der Waals surface area contributed by atoms with Gasteiger partial charge < -0.3 is 10.5 Å². The van der Waals surface area contributed by atoms with Crippen LogP contribution in [0.3, 0.4) is 0 Å². The number of hydrogen-bond acceptors (Lipinski definition) is 5. The molecular formula is C15H14BrF2N5O. The van der Waals surface area contributed by atoms with Crippen LogP contribution in [0.5, 0.6) is 5.88 Å². The number of benzene rings is 1. The lowest BCUT2D eigenvalue weighted by molar-refractivity contribution is -0.0528. The lowest BCUT2D eigenvalue weighted by atomic mass is 10.1. The second kappa shape index (κ2) is 5.97. The molecule has 0 unspecified atom stereocenters. The van der Waals surface area contributed by atoms with Crippen molar-refractivity contribution < 1.29 is 13.5 Å². The summed E-state index contributed by atoms with van der Waals surface area (Å²) in [5, 5.41) is 4.89. The van der Waals surface area contributed by atoms with Crippen LogP contribution in [0.2, 0.25) is 0 Å². The molecule has 0 aliphatic rings. The smallest absolute Gasteiger partial charge is 0.277 e. The van der Waals surface area contributed by atoms with Crippen LogP contribution in [0, 0.1) is 0 Å². The Bertz CT molecular complexity index is 897. The Morgan fingerprint density at radius 2 is 2.04 bits per heavy atom. The van der Waals surface area contributed by atoms with Crippen LogP contribution >= 0.6 is 15.9 Å². The van der Waals surface area contributed by atoms with Crippen LogP contribution in [0.4, 0.5) is 14.7 Å². The van der Waals surface area contributed by atoms with Crippen molar-refractivity contribution in [1.82, 2.24) is 19.7 Å². The van der Waals surface area contributed by atoms with Crippen LogP contribution in [-0.2, 0) is 0 Å². The average molecular weight is 398 g/mol. The number of nitrogen functional groups attached to an aromatic ring is 1. The molecule has 6 nitrogen and oxygen atoms in total. The Balaban J connectivity index is 2.18. The highest BCUT2D eigenvalue weighted by molar-refractivity contribution is 9.10. The highest BCUT2D eigenvalue weighted by Gasteiger charge is 2.33. The Hall–Kier alpha value is -2.29. The van der Waals surface area contributed by atoms with Crippen LogP contribution < -0.4 is 10.5 Å². The number of alkyl halides is 2. The van der Waals surface area contributed by atoms with E-state index in [1.54, 1.807) is 24.3 Å². The zero-order chi connectivity index (χ0) is 17.5. The molecule has 3 aromatic rings. The number of ether oxygens (including phenoxy) is 1. The maximum absolute atomic E-state index is 13.1. The molecule has 0 fully saturated rings. The molecule has 0 atom stereocenters. The van der Waals surface area contributed by atoms with E-state index in [0.29, 0.717) is 16.7 Å². The van der Waals surface area contributed by atoms with Gasteiger partial charge in [-0.3, -0.25) is 0 Å². The summed E-state index contributed by atoms with van der Waals surface area (Å²) in [4.78, 5) is 7.95. The van der Waals surface area contributed by atoms with Crippen molar-refractivity contribution in [3.05, 3.63) is 34.9 Å². The minimum absolute atomic E-state index is 0.0847. The van der Waals surface area contributed by atoms with Crippen LogP contribution in [-0.4, -0.2) is 31.8 Å². The zero-order valence-electron chi connectivity index (χ0n) is 12.9. The summed E-state index contributed by atoms with van der Waals surface area (Å²) in [6, 6.07) is 6.93. The van der Waals surface area contributed by atoms with Gasteiger partial charge in [0, 0.05) is 16.7 Å². The Morgan fingerprint density at radius 3 is 2.71 bits per heavy atom. The summed E-state index contributed by atoms with van der Waals surface area (Å²) in [6.45, 7) is 2.62. The normalized spacial score (nSPS) is 12.1. The van der Waals surface area contributed by atoms with Crippen LogP contribution in [0.25, 0.3) is 16.7 Å². The molecule has 0 radical (unpaired) electrons. The largest absolute Gasteiger partial charge is 0.464 e. The van der Waals surface area contributed by atoms with Crippen LogP contribution in [0.15, 0.2) is 34.9 Å². The molecule has 1 aromatic carbocycles. The van der Waals surface area contributed by atoms with Crippen LogP contribution in [0.1, 0.15) is 13.8 Å². The molecule has 0 amide bonds. The molecule has 24 heavy (non-hydrogen) atoms. The molecule has 0 saturated heterocycles. The van der Waals surface area contributed by atoms with E-state index in [0.717, 1.165) is 4.47 Å². The predicted molar refractivity (Wildman–Crippen MR) is 89.5 cm³/mol. The van der Waals surface area contributed by atoms with Crippen molar-refractivity contribution in [1.29, 1.82) is 0 Å². The molecule has 3 rings (SSSR count). The van der Waals surface area contributed by atoms with E-state index in [1.807, 2.05) is 0 Å². The quantitative estimate of drug-likeness (QED) is 0.727. The van der Waals surface area contributed by atoms with Gasteiger partial charge in [-0.2, -0.15) is 4.98 Å². The maximum atomic E-state index is 13.1. The predicted octanol–water partition coefficient (Wildman–Crippen LogP) is 3.58. The first-order valence-electron chi connectivity index (χ1n) is 7.02. The molecular weight excluding hydrogens is 384 g/mol. The molecule has 126 valence electrons. The second-order valence-corrected chi connectivity index (χ2v) is 6.57. The van der Waals surface area contributed by atoms with E-state index in [1.165, 1.54) is 24.7 Å². The lowest BCUT2D eigenvalue weighted by Gasteiger charge is -2.23. The zero-order valence-corrected chi connectivity index (χ0v) is 14.5. The summed E-state index contributed by atoms with van der Waals surface area (Å²) >= 11 is 3.39. The van der Waals surface area contributed by atoms with Crippen molar-refractivity contribution in [3.8, 4) is 11.7 Å². The fourth-order valence-electron chi connectivity index (χ4n) is 2.08. The van der Waals surface area contributed by atoms with Gasteiger partial charge >= 0.3 is 0 Å². The number of nitrogens with zero attached hydrogens (tertiary/aromatic N) is 4. The van der Waals surface area contributed by atoms with E-state index in [4.69, 9.17) is 10.5 Å². The van der Waals surface area contributed by atoms with Gasteiger partial charge in [0.1, 0.15) is 0 Å². The maximum Gasteiger partial charge on any atom is 0.277 e. The van der Waals surface area contributed by atoms with E-state index in [2.05, 4.69) is 31.0 Å². The van der Waals surface area contributed by atoms with Gasteiger partial charge in [0.15, 0.2) is 11.4 Å². The van der Waals surface area contributed by atoms with Crippen molar-refractivity contribution in [3.63, 3.8) is 0 Å². The van der Waals surface area contributed by atoms with Gasteiger partial charge in [-0.05, 0) is 32.0 Å². The first-order chi connectivity index (χ1) is 11.3. The Labute approximate surface area is 144 Å². The monoisotopic (exact) mass is 397 g/mol. The third-order valence-corrected chi connectivity index (χ3v) is 3.86. The number of rotatable bonds is 4. The molecule has 2 aromatic heterocycles. The first-order valence-corrected chi connectivity index (χ1v) is 7.81. The summed E-state index contributed by atoms with van der Waals surface area (Å²) in [7, 11) is 0. The van der Waals surface area contributed by atoms with Gasteiger partial charge in [0.05, 0.1) is 10.9 Å². The minimum Gasteiger partial charge on any atom is -0.464 e. The van der Waals surface area contributed by atoms with E-state index in [-0.39, 0.29) is 11.8 Å². The average Bonchev–Trinajstić information content (AvgIpc) is 2.84. The fourth-order valence-corrected chi connectivity index (χ4v) is 2.43. The van der Waals surface area contributed by atoms with E-state index >= 15 is 0 Å². The third-order valence-electron chi connectivity index (χ3n) is 3.37. The first kappa shape index (κ1) is 16.6. The summed E-state index contributed by atoms with van der Waals surface area (Å²) < 4.78 is 34.0. The van der Waals surface area contributed by atoms with Gasteiger partial charge in [0.2, 0.25) is 11.8 Å². The van der Waals surface area contributed by atoms with E-state index in [9.17, 15) is 8.78 Å². The number of aromatic nitrogens is 4. The molecule has 2 heterocycles. The summed E-state index contributed by atoms with van der Waals surface area (Å²) in [6.07, 6.45) is -1.17. The molecule has 0 bridgehead atoms. The Morgan fingerprint density at radius 1 is 1.29 bits per heavy atom. The highest BCUT2D eigenvalue weighted by atomic mass is 79.9. The van der Waals surface area contributed by atoms with Crippen molar-refractivity contribution in [2.75, 3.05) is 5.73 Å². The number of halogens is 3. The van der Waals surface area contributed by atoms with Gasteiger partial charge in [0.25, 0.3) is 6.43 Å². The molecule has 2 N–H and O–H groups in total. The lowest BCUT2D eigenvalue weighted by Crippen LogP contribution is -2.36.